The molecule has 4 rings (SSSR count). The number of hydrogen-bond acceptors (Lipinski definition) is 2. The van der Waals surface area contributed by atoms with Gasteiger partial charge in [0.15, 0.2) is 6.23 Å². The van der Waals surface area contributed by atoms with Gasteiger partial charge >= 0.3 is 0 Å². The summed E-state index contributed by atoms with van der Waals surface area (Å²) in [5, 5.41) is 0. The molecule has 3 aliphatic rings. The van der Waals surface area contributed by atoms with E-state index < -0.39 is 0 Å². The summed E-state index contributed by atoms with van der Waals surface area (Å²) in [6.45, 7) is 5.09. The first-order valence-electron chi connectivity index (χ1n) is 6.61. The van der Waals surface area contributed by atoms with Crippen LogP contribution in [0.1, 0.15) is 25.6 Å². The lowest BCUT2D eigenvalue weighted by Crippen LogP contribution is -2.37. The fourth-order valence-electron chi connectivity index (χ4n) is 3.98. The van der Waals surface area contributed by atoms with Crippen LogP contribution >= 0.6 is 0 Å². The summed E-state index contributed by atoms with van der Waals surface area (Å²) in [7, 11) is 0. The minimum atomic E-state index is -0.160. The number of rotatable bonds is 1. The van der Waals surface area contributed by atoms with Crippen molar-refractivity contribution < 1.29 is 9.53 Å². The van der Waals surface area contributed by atoms with Gasteiger partial charge in [0, 0.05) is 11.5 Å². The van der Waals surface area contributed by atoms with Crippen LogP contribution in [0.5, 0.6) is 0 Å². The number of carbonyl (C=O) groups is 1. The zero-order valence-electron chi connectivity index (χ0n) is 10.7. The summed E-state index contributed by atoms with van der Waals surface area (Å²) in [6, 6.07) is 10.4. The fraction of sp³-hybridized carbons (Fsp3) is 0.533. The molecule has 3 fully saturated rings. The van der Waals surface area contributed by atoms with Gasteiger partial charge < -0.3 is 9.64 Å². The molecule has 3 nitrogen and oxygen atoms in total. The molecule has 0 N–H and O–H groups in total. The van der Waals surface area contributed by atoms with E-state index in [0.29, 0.717) is 24.5 Å². The molecule has 94 valence electrons. The second-order valence-corrected chi connectivity index (χ2v) is 6.23. The number of carbonyl (C=O) groups excluding carboxylic acids is 1. The Morgan fingerprint density at radius 1 is 1.28 bits per heavy atom. The monoisotopic (exact) mass is 243 g/mol. The van der Waals surface area contributed by atoms with Crippen LogP contribution in [0.4, 0.5) is 0 Å². The summed E-state index contributed by atoms with van der Waals surface area (Å²) in [4.78, 5) is 14.5. The van der Waals surface area contributed by atoms with Crippen LogP contribution in [0.15, 0.2) is 30.3 Å². The average molecular weight is 243 g/mol. The van der Waals surface area contributed by atoms with E-state index in [1.165, 1.54) is 0 Å². The molecule has 1 aliphatic carbocycles. The Bertz CT molecular complexity index is 510. The molecule has 0 radical (unpaired) electrons. The quantitative estimate of drug-likeness (QED) is 0.756. The van der Waals surface area contributed by atoms with Gasteiger partial charge in [0.05, 0.1) is 12.6 Å². The Morgan fingerprint density at radius 2 is 2.00 bits per heavy atom. The first-order valence-corrected chi connectivity index (χ1v) is 6.61. The second-order valence-electron chi connectivity index (χ2n) is 6.23. The number of ether oxygens (including phenoxy) is 1. The molecule has 4 atom stereocenters. The standard InChI is InChI=1S/C15H17NO2/c1-15(2)11-10-8-18-14(9-6-4-3-5-7-9)16(10)13(17)12(11)15/h3-7,10-12,14H,8H2,1-2H3/t10?,11?,12-,14-/m1/s1. The number of piperidine rings is 1. The zero-order chi connectivity index (χ0) is 12.5. The zero-order valence-corrected chi connectivity index (χ0v) is 10.7. The molecular weight excluding hydrogens is 226 g/mol. The molecule has 1 saturated carbocycles. The Labute approximate surface area is 107 Å². The van der Waals surface area contributed by atoms with Crippen molar-refractivity contribution in [3.8, 4) is 0 Å². The normalized spacial score (nSPS) is 39.7. The third-order valence-electron chi connectivity index (χ3n) is 4.97. The minimum absolute atomic E-state index is 0.160. The topological polar surface area (TPSA) is 29.5 Å². The number of fused-ring (bicyclic) bond motifs is 3. The van der Waals surface area contributed by atoms with Crippen molar-refractivity contribution in [1.82, 2.24) is 4.90 Å². The second kappa shape index (κ2) is 3.15. The maximum atomic E-state index is 12.5. The van der Waals surface area contributed by atoms with Crippen LogP contribution in [0.2, 0.25) is 0 Å². The van der Waals surface area contributed by atoms with E-state index in [1.54, 1.807) is 0 Å². The smallest absolute Gasteiger partial charge is 0.229 e. The first-order chi connectivity index (χ1) is 8.62. The van der Waals surface area contributed by atoms with Gasteiger partial charge in [-0.2, -0.15) is 0 Å². The van der Waals surface area contributed by atoms with Crippen molar-refractivity contribution in [1.29, 1.82) is 0 Å². The van der Waals surface area contributed by atoms with E-state index in [1.807, 2.05) is 35.2 Å². The van der Waals surface area contributed by atoms with Crippen LogP contribution in [-0.2, 0) is 9.53 Å². The van der Waals surface area contributed by atoms with E-state index >= 15 is 0 Å². The predicted molar refractivity (Wildman–Crippen MR) is 66.5 cm³/mol. The van der Waals surface area contributed by atoms with Crippen molar-refractivity contribution >= 4 is 5.91 Å². The number of benzene rings is 1. The lowest BCUT2D eigenvalue weighted by molar-refractivity contribution is -0.137. The van der Waals surface area contributed by atoms with Gasteiger partial charge in [-0.25, -0.2) is 0 Å². The van der Waals surface area contributed by atoms with Gasteiger partial charge in [0.25, 0.3) is 0 Å². The van der Waals surface area contributed by atoms with Gasteiger partial charge in [-0.1, -0.05) is 44.2 Å². The molecule has 0 spiro atoms. The van der Waals surface area contributed by atoms with E-state index in [-0.39, 0.29) is 17.6 Å². The van der Waals surface area contributed by atoms with E-state index in [0.717, 1.165) is 5.56 Å². The third kappa shape index (κ3) is 1.11. The fourth-order valence-corrected chi connectivity index (χ4v) is 3.98. The summed E-state index contributed by atoms with van der Waals surface area (Å²) in [6.07, 6.45) is -0.160. The van der Waals surface area contributed by atoms with E-state index in [4.69, 9.17) is 4.74 Å². The van der Waals surface area contributed by atoms with Crippen molar-refractivity contribution in [2.75, 3.05) is 6.61 Å². The van der Waals surface area contributed by atoms with Crippen molar-refractivity contribution in [3.05, 3.63) is 35.9 Å². The van der Waals surface area contributed by atoms with E-state index in [2.05, 4.69) is 13.8 Å². The third-order valence-corrected chi connectivity index (χ3v) is 4.97. The lowest BCUT2D eigenvalue weighted by Gasteiger charge is -2.27. The summed E-state index contributed by atoms with van der Waals surface area (Å²) >= 11 is 0. The summed E-state index contributed by atoms with van der Waals surface area (Å²) in [5.74, 6) is 1.03. The van der Waals surface area contributed by atoms with Crippen LogP contribution in [-0.4, -0.2) is 23.5 Å². The largest absolute Gasteiger partial charge is 0.352 e. The van der Waals surface area contributed by atoms with Gasteiger partial charge in [-0.3, -0.25) is 4.79 Å². The highest BCUT2D eigenvalue weighted by molar-refractivity contribution is 5.87. The molecule has 2 saturated heterocycles. The average Bonchev–Trinajstić information content (AvgIpc) is 2.70. The Hall–Kier alpha value is -1.35. The number of amides is 1. The summed E-state index contributed by atoms with van der Waals surface area (Å²) in [5.41, 5.74) is 1.28. The van der Waals surface area contributed by atoms with Gasteiger partial charge in [0.2, 0.25) is 5.91 Å². The molecule has 3 heteroatoms. The molecule has 1 aromatic rings. The number of hydrogen-bond donors (Lipinski definition) is 0. The molecule has 0 aromatic heterocycles. The minimum Gasteiger partial charge on any atom is -0.352 e. The van der Waals surface area contributed by atoms with Crippen molar-refractivity contribution in [2.45, 2.75) is 26.1 Å². The molecule has 2 heterocycles. The Morgan fingerprint density at radius 3 is 2.72 bits per heavy atom. The van der Waals surface area contributed by atoms with Gasteiger partial charge in [-0.05, 0) is 11.3 Å². The molecule has 1 amide bonds. The Balaban J connectivity index is 1.67. The molecule has 18 heavy (non-hydrogen) atoms. The van der Waals surface area contributed by atoms with E-state index in [9.17, 15) is 4.79 Å². The van der Waals surface area contributed by atoms with Gasteiger partial charge in [-0.15, -0.1) is 0 Å². The Kier molecular flexibility index (Phi) is 1.85. The predicted octanol–water partition coefficient (Wildman–Crippen LogP) is 2.20. The highest BCUT2D eigenvalue weighted by Crippen LogP contribution is 2.67. The van der Waals surface area contributed by atoms with Crippen LogP contribution in [0.3, 0.4) is 0 Å². The highest BCUT2D eigenvalue weighted by Gasteiger charge is 2.73. The molecular formula is C15H17NO2. The maximum Gasteiger partial charge on any atom is 0.229 e. The molecule has 2 aliphatic heterocycles. The highest BCUT2D eigenvalue weighted by atomic mass is 16.5. The van der Waals surface area contributed by atoms with Crippen LogP contribution in [0.25, 0.3) is 0 Å². The number of nitrogens with zero attached hydrogens (tertiary/aromatic N) is 1. The molecule has 1 aromatic carbocycles. The van der Waals surface area contributed by atoms with Crippen molar-refractivity contribution in [3.63, 3.8) is 0 Å². The van der Waals surface area contributed by atoms with Crippen LogP contribution in [0, 0.1) is 17.3 Å². The van der Waals surface area contributed by atoms with Crippen molar-refractivity contribution in [2.24, 2.45) is 17.3 Å². The lowest BCUT2D eigenvalue weighted by atomic mass is 10.0. The first kappa shape index (κ1) is 10.6. The van der Waals surface area contributed by atoms with Crippen LogP contribution < -0.4 is 0 Å². The van der Waals surface area contributed by atoms with Gasteiger partial charge in [0.1, 0.15) is 0 Å². The maximum absolute atomic E-state index is 12.5. The SMILES string of the molecule is CC1(C)C2C3CO[C@H](c4ccccc4)N3C(=O)[C@@H]21. The summed E-state index contributed by atoms with van der Waals surface area (Å²) < 4.78 is 5.87. The molecule has 2 unspecified atom stereocenters. The molecule has 0 bridgehead atoms.